The fraction of sp³-hybridized carbons (Fsp3) is 0.235. The lowest BCUT2D eigenvalue weighted by Crippen LogP contribution is -2.15. The molecule has 1 aliphatic heterocycles. The molecule has 5 heteroatoms. The maximum absolute atomic E-state index is 9.78. The quantitative estimate of drug-likeness (QED) is 0.789. The van der Waals surface area contributed by atoms with Crippen molar-refractivity contribution < 1.29 is 14.6 Å². The molecule has 0 bridgehead atoms. The summed E-state index contributed by atoms with van der Waals surface area (Å²) in [6, 6.07) is 9.72. The van der Waals surface area contributed by atoms with E-state index in [9.17, 15) is 5.11 Å². The third-order valence-corrected chi connectivity index (χ3v) is 3.83. The topological polar surface area (TPSA) is 56.0 Å². The van der Waals surface area contributed by atoms with Crippen molar-refractivity contribution in [2.45, 2.75) is 13.5 Å². The van der Waals surface area contributed by atoms with Crippen LogP contribution in [0.25, 0.3) is 16.9 Å². The van der Waals surface area contributed by atoms with E-state index >= 15 is 0 Å². The van der Waals surface area contributed by atoms with Gasteiger partial charge in [-0.2, -0.15) is 0 Å². The highest BCUT2D eigenvalue weighted by atomic mass is 16.6. The molecule has 0 aliphatic carbocycles. The number of imidazole rings is 1. The average Bonchev–Trinajstić information content (AvgIpc) is 2.92. The Labute approximate surface area is 127 Å². The lowest BCUT2D eigenvalue weighted by atomic mass is 10.1. The number of ether oxygens (including phenoxy) is 2. The van der Waals surface area contributed by atoms with Gasteiger partial charge in [0.05, 0.1) is 18.0 Å². The first-order valence-corrected chi connectivity index (χ1v) is 7.25. The summed E-state index contributed by atoms with van der Waals surface area (Å²) in [5.41, 5.74) is 4.39. The zero-order valence-corrected chi connectivity index (χ0v) is 12.2. The Balaban J connectivity index is 1.90. The lowest BCUT2D eigenvalue weighted by molar-refractivity contribution is 0.171. The van der Waals surface area contributed by atoms with E-state index in [1.807, 2.05) is 47.9 Å². The molecule has 2 aromatic heterocycles. The minimum atomic E-state index is -0.0750. The van der Waals surface area contributed by atoms with Gasteiger partial charge in [-0.1, -0.05) is 6.07 Å². The smallest absolute Gasteiger partial charge is 0.162 e. The van der Waals surface area contributed by atoms with E-state index in [0.717, 1.165) is 39.7 Å². The normalized spacial score (nSPS) is 13.5. The van der Waals surface area contributed by atoms with Crippen molar-refractivity contribution in [3.63, 3.8) is 0 Å². The molecule has 3 aromatic rings. The van der Waals surface area contributed by atoms with Gasteiger partial charge in [0.25, 0.3) is 0 Å². The summed E-state index contributed by atoms with van der Waals surface area (Å²) in [6.07, 6.45) is 1.98. The molecule has 0 unspecified atom stereocenters. The van der Waals surface area contributed by atoms with Crippen LogP contribution in [0.4, 0.5) is 0 Å². The summed E-state index contributed by atoms with van der Waals surface area (Å²) in [7, 11) is 0. The van der Waals surface area contributed by atoms with Gasteiger partial charge >= 0.3 is 0 Å². The van der Waals surface area contributed by atoms with Crippen molar-refractivity contribution in [2.75, 3.05) is 13.2 Å². The lowest BCUT2D eigenvalue weighted by Gasteiger charge is -2.18. The van der Waals surface area contributed by atoms with Crippen LogP contribution in [0.5, 0.6) is 11.5 Å². The number of benzene rings is 1. The van der Waals surface area contributed by atoms with Crippen molar-refractivity contribution in [1.82, 2.24) is 9.38 Å². The molecule has 0 spiro atoms. The molecule has 5 nitrogen and oxygen atoms in total. The van der Waals surface area contributed by atoms with E-state index in [1.165, 1.54) is 0 Å². The molecule has 0 fully saturated rings. The molecule has 1 aliphatic rings. The molecule has 0 radical (unpaired) electrons. The standard InChI is InChI=1S/C17H16N2O3/c1-11-2-5-16-18-17(13(10-20)19(16)9-11)12-3-4-14-15(8-12)22-7-6-21-14/h2-5,8-9,20H,6-7,10H2,1H3. The average molecular weight is 296 g/mol. The summed E-state index contributed by atoms with van der Waals surface area (Å²) in [5.74, 6) is 1.47. The first kappa shape index (κ1) is 13.2. The summed E-state index contributed by atoms with van der Waals surface area (Å²) in [4.78, 5) is 4.65. The van der Waals surface area contributed by atoms with Gasteiger partial charge in [0.15, 0.2) is 11.5 Å². The van der Waals surface area contributed by atoms with Crippen LogP contribution < -0.4 is 9.47 Å². The monoisotopic (exact) mass is 296 g/mol. The molecule has 1 N–H and O–H groups in total. The largest absolute Gasteiger partial charge is 0.486 e. The van der Waals surface area contributed by atoms with E-state index in [0.29, 0.717) is 13.2 Å². The number of aryl methyl sites for hydroxylation is 1. The first-order valence-electron chi connectivity index (χ1n) is 7.25. The van der Waals surface area contributed by atoms with Crippen molar-refractivity contribution in [3.05, 3.63) is 47.8 Å². The minimum Gasteiger partial charge on any atom is -0.486 e. The zero-order valence-electron chi connectivity index (χ0n) is 12.2. The van der Waals surface area contributed by atoms with Gasteiger partial charge in [-0.25, -0.2) is 4.98 Å². The minimum absolute atomic E-state index is 0.0750. The number of fused-ring (bicyclic) bond motifs is 2. The van der Waals surface area contributed by atoms with E-state index < -0.39 is 0 Å². The Morgan fingerprint density at radius 3 is 2.77 bits per heavy atom. The zero-order chi connectivity index (χ0) is 15.1. The molecule has 0 saturated heterocycles. The van der Waals surface area contributed by atoms with Crippen LogP contribution >= 0.6 is 0 Å². The van der Waals surface area contributed by atoms with Gasteiger partial charge in [0.1, 0.15) is 18.9 Å². The van der Waals surface area contributed by atoms with Crippen LogP contribution in [-0.2, 0) is 6.61 Å². The molecule has 0 amide bonds. The third-order valence-electron chi connectivity index (χ3n) is 3.83. The highest BCUT2D eigenvalue weighted by Gasteiger charge is 2.17. The molecule has 0 saturated carbocycles. The van der Waals surface area contributed by atoms with Gasteiger partial charge in [-0.3, -0.25) is 0 Å². The van der Waals surface area contributed by atoms with E-state index in [2.05, 4.69) is 4.98 Å². The van der Waals surface area contributed by atoms with E-state index in [1.54, 1.807) is 0 Å². The number of nitrogens with zero attached hydrogens (tertiary/aromatic N) is 2. The number of pyridine rings is 1. The number of hydrogen-bond donors (Lipinski definition) is 1. The molecule has 0 atom stereocenters. The second kappa shape index (κ2) is 5.03. The van der Waals surface area contributed by atoms with Crippen LogP contribution in [0.15, 0.2) is 36.5 Å². The van der Waals surface area contributed by atoms with Crippen LogP contribution in [0.2, 0.25) is 0 Å². The van der Waals surface area contributed by atoms with Crippen molar-refractivity contribution in [3.8, 4) is 22.8 Å². The highest BCUT2D eigenvalue weighted by Crippen LogP contribution is 2.35. The number of aromatic nitrogens is 2. The second-order valence-corrected chi connectivity index (χ2v) is 5.36. The van der Waals surface area contributed by atoms with E-state index in [4.69, 9.17) is 9.47 Å². The Morgan fingerprint density at radius 2 is 1.95 bits per heavy atom. The fourth-order valence-corrected chi connectivity index (χ4v) is 2.77. The van der Waals surface area contributed by atoms with Crippen molar-refractivity contribution in [2.24, 2.45) is 0 Å². The van der Waals surface area contributed by atoms with Crippen LogP contribution in [0.1, 0.15) is 11.3 Å². The van der Waals surface area contributed by atoms with Gasteiger partial charge in [0, 0.05) is 11.8 Å². The van der Waals surface area contributed by atoms with Gasteiger partial charge in [-0.15, -0.1) is 0 Å². The fourth-order valence-electron chi connectivity index (χ4n) is 2.77. The summed E-state index contributed by atoms with van der Waals surface area (Å²) in [6.45, 7) is 3.06. The first-order chi connectivity index (χ1) is 10.8. The second-order valence-electron chi connectivity index (χ2n) is 5.36. The molecule has 112 valence electrons. The highest BCUT2D eigenvalue weighted by molar-refractivity contribution is 5.69. The Kier molecular flexibility index (Phi) is 3.01. The molecule has 4 rings (SSSR count). The predicted octanol–water partition coefficient (Wildman–Crippen LogP) is 2.57. The van der Waals surface area contributed by atoms with Gasteiger partial charge in [-0.05, 0) is 36.8 Å². The maximum Gasteiger partial charge on any atom is 0.162 e. The molecular formula is C17H16N2O3. The maximum atomic E-state index is 9.78. The van der Waals surface area contributed by atoms with Crippen molar-refractivity contribution in [1.29, 1.82) is 0 Å². The van der Waals surface area contributed by atoms with Crippen LogP contribution in [0, 0.1) is 6.92 Å². The molecule has 3 heterocycles. The van der Waals surface area contributed by atoms with Crippen molar-refractivity contribution >= 4 is 5.65 Å². The van der Waals surface area contributed by atoms with E-state index in [-0.39, 0.29) is 6.61 Å². The third kappa shape index (κ3) is 2.02. The summed E-state index contributed by atoms with van der Waals surface area (Å²) >= 11 is 0. The van der Waals surface area contributed by atoms with Gasteiger partial charge in [0.2, 0.25) is 0 Å². The Hall–Kier alpha value is -2.53. The van der Waals surface area contributed by atoms with Gasteiger partial charge < -0.3 is 19.0 Å². The number of hydrogen-bond acceptors (Lipinski definition) is 4. The number of aliphatic hydroxyl groups excluding tert-OH is 1. The Bertz CT molecular complexity index is 854. The molecule has 22 heavy (non-hydrogen) atoms. The van der Waals surface area contributed by atoms with Crippen LogP contribution in [0.3, 0.4) is 0 Å². The summed E-state index contributed by atoms with van der Waals surface area (Å²) in [5, 5.41) is 9.78. The predicted molar refractivity (Wildman–Crippen MR) is 82.3 cm³/mol. The SMILES string of the molecule is Cc1ccc2nc(-c3ccc4c(c3)OCCO4)c(CO)n2c1. The Morgan fingerprint density at radius 1 is 1.14 bits per heavy atom. The number of aliphatic hydroxyl groups is 1. The van der Waals surface area contributed by atoms with Crippen LogP contribution in [-0.4, -0.2) is 27.7 Å². The summed E-state index contributed by atoms with van der Waals surface area (Å²) < 4.78 is 13.1. The molecular weight excluding hydrogens is 280 g/mol. The molecule has 1 aromatic carbocycles. The number of rotatable bonds is 2.